The number of aryl methyl sites for hydroxylation is 6. The van der Waals surface area contributed by atoms with Crippen molar-refractivity contribution in [2.24, 2.45) is 0 Å². The van der Waals surface area contributed by atoms with Crippen LogP contribution in [-0.4, -0.2) is 22.7 Å². The number of fused-ring (bicyclic) bond motifs is 12. The lowest BCUT2D eigenvalue weighted by Gasteiger charge is -2.47. The minimum Gasteiger partial charge on any atom is -0.375 e. The van der Waals surface area contributed by atoms with Crippen LogP contribution in [0, 0.1) is 41.5 Å². The van der Waals surface area contributed by atoms with Crippen molar-refractivity contribution in [2.75, 3.05) is 9.80 Å². The van der Waals surface area contributed by atoms with Crippen LogP contribution >= 0.6 is 0 Å². The fraction of sp³-hybridized carbons (Fsp3) is 0.0909. The first kappa shape index (κ1) is 40.3. The zero-order valence-electron chi connectivity index (χ0n) is 41.3. The van der Waals surface area contributed by atoms with E-state index in [0.717, 1.165) is 11.4 Å². The average molecular weight is 919 g/mol. The monoisotopic (exact) mass is 918 g/mol. The molecule has 0 N–H and O–H groups in total. The number of aromatic nitrogens is 2. The number of anilines is 6. The van der Waals surface area contributed by atoms with Crippen molar-refractivity contribution in [3.8, 4) is 33.4 Å². The van der Waals surface area contributed by atoms with Crippen LogP contribution in [0.3, 0.4) is 0 Å². The van der Waals surface area contributed by atoms with Crippen molar-refractivity contribution in [2.45, 2.75) is 41.5 Å². The zero-order valence-corrected chi connectivity index (χ0v) is 41.3. The minimum atomic E-state index is -0.0881. The summed E-state index contributed by atoms with van der Waals surface area (Å²) in [4.78, 5) is 5.23. The van der Waals surface area contributed by atoms with Gasteiger partial charge in [-0.3, -0.25) is 0 Å². The van der Waals surface area contributed by atoms with Gasteiger partial charge in [0, 0.05) is 83.3 Å². The van der Waals surface area contributed by atoms with Crippen LogP contribution in [0.25, 0.3) is 77.0 Å². The van der Waals surface area contributed by atoms with Gasteiger partial charge in [0.25, 0.3) is 0 Å². The van der Waals surface area contributed by atoms with Crippen LogP contribution in [0.15, 0.2) is 182 Å². The van der Waals surface area contributed by atoms with E-state index in [2.05, 4.69) is 242 Å². The molecule has 0 atom stereocenters. The molecule has 2 aromatic heterocycles. The summed E-state index contributed by atoms with van der Waals surface area (Å²) in [7, 11) is 0. The number of para-hydroxylation sites is 4. The van der Waals surface area contributed by atoms with Gasteiger partial charge >= 0.3 is 13.7 Å². The van der Waals surface area contributed by atoms with Gasteiger partial charge in [-0.2, -0.15) is 0 Å². The topological polar surface area (TPSA) is 16.3 Å². The average Bonchev–Trinajstić information content (AvgIpc) is 3.91. The third kappa shape index (κ3) is 5.04. The van der Waals surface area contributed by atoms with Gasteiger partial charge in [0.1, 0.15) is 0 Å². The maximum atomic E-state index is 2.74. The summed E-state index contributed by atoms with van der Waals surface area (Å²) in [6.07, 6.45) is 0. The second-order valence-corrected chi connectivity index (χ2v) is 21.2. The molecule has 0 bridgehead atoms. The van der Waals surface area contributed by atoms with Gasteiger partial charge in [-0.1, -0.05) is 132 Å². The van der Waals surface area contributed by atoms with Gasteiger partial charge in [-0.15, -0.1) is 0 Å². The third-order valence-electron chi connectivity index (χ3n) is 16.9. The molecule has 6 heteroatoms. The van der Waals surface area contributed by atoms with E-state index >= 15 is 0 Å². The van der Waals surface area contributed by atoms with Crippen molar-refractivity contribution in [3.05, 3.63) is 215 Å². The summed E-state index contributed by atoms with van der Waals surface area (Å²) in [6.45, 7) is 13.3. The van der Waals surface area contributed by atoms with Crippen molar-refractivity contribution in [3.63, 3.8) is 0 Å². The molecule has 10 aromatic carbocycles. The van der Waals surface area contributed by atoms with Crippen molar-refractivity contribution >= 4 is 113 Å². The molecule has 12 aromatic rings. The van der Waals surface area contributed by atoms with Crippen LogP contribution in [0.1, 0.15) is 33.4 Å². The Morgan fingerprint density at radius 1 is 0.319 bits per heavy atom. The number of rotatable bonds is 4. The van der Waals surface area contributed by atoms with Gasteiger partial charge in [0.15, 0.2) is 0 Å². The Bertz CT molecular complexity index is 4110. The van der Waals surface area contributed by atoms with Crippen LogP contribution in [0.5, 0.6) is 0 Å². The standard InChI is InChI=1S/C66H48B2N4/c1-37-29-39(3)59(40(4)30-37)43-25-27-51-55(33-43)69(45-17-9-7-10-18-45)57-36-58-64-61-62-65-49(47-21-13-15-23-53(47)71(65)67(51)63(57)61)35-50-48-22-14-16-24-54(48)72(66(50)62)68(64)52-28-26-44(60-41(5)31-38(2)32-42(60)6)34-56(52)70(58)46-19-11-8-12-20-46/h7-36H,1-6H3. The summed E-state index contributed by atoms with van der Waals surface area (Å²) in [5, 5.41) is 5.23. The molecule has 0 radical (unpaired) electrons. The van der Waals surface area contributed by atoms with Crippen molar-refractivity contribution < 1.29 is 0 Å². The molecule has 4 nitrogen and oxygen atoms in total. The van der Waals surface area contributed by atoms with Gasteiger partial charge in [-0.05, 0) is 174 Å². The van der Waals surface area contributed by atoms with Gasteiger partial charge in [-0.25, -0.2) is 0 Å². The molecular weight excluding hydrogens is 870 g/mol. The SMILES string of the molecule is Cc1cc(C)c(-c2ccc3c(c2)N(c2ccccc2)c2cc4c5c6c2B3n2c3ccccc3c3cc7c8ccccc8n(c7c-6c32)B5c2ccc(-c3c(C)cc(C)cc3C)cc2N4c2ccccc2)c(C)c1. The quantitative estimate of drug-likeness (QED) is 0.164. The number of hydrogen-bond acceptors (Lipinski definition) is 2. The Balaban J connectivity index is 1.12. The fourth-order valence-electron chi connectivity index (χ4n) is 14.6. The highest BCUT2D eigenvalue weighted by Crippen LogP contribution is 2.54. The largest absolute Gasteiger partial charge is 0.375 e. The third-order valence-corrected chi connectivity index (χ3v) is 16.9. The summed E-state index contributed by atoms with van der Waals surface area (Å²) >= 11 is 0. The number of hydrogen-bond donors (Lipinski definition) is 0. The van der Waals surface area contributed by atoms with E-state index < -0.39 is 0 Å². The summed E-state index contributed by atoms with van der Waals surface area (Å²) in [5.74, 6) is 0. The lowest BCUT2D eigenvalue weighted by Crippen LogP contribution is -2.63. The minimum absolute atomic E-state index is 0.0881. The molecule has 6 heterocycles. The maximum absolute atomic E-state index is 2.74. The second kappa shape index (κ2) is 14.1. The van der Waals surface area contributed by atoms with Crippen molar-refractivity contribution in [1.82, 2.24) is 8.96 Å². The highest BCUT2D eigenvalue weighted by Gasteiger charge is 2.51. The fourth-order valence-corrected chi connectivity index (χ4v) is 14.6. The molecule has 0 saturated heterocycles. The second-order valence-electron chi connectivity index (χ2n) is 21.2. The first-order valence-corrected chi connectivity index (χ1v) is 25.6. The molecule has 0 spiro atoms. The normalized spacial score (nSPS) is 13.6. The van der Waals surface area contributed by atoms with E-state index in [1.54, 1.807) is 0 Å². The summed E-state index contributed by atoms with van der Waals surface area (Å²) < 4.78 is 5.49. The lowest BCUT2D eigenvalue weighted by atomic mass is 9.39. The van der Waals surface area contributed by atoms with E-state index in [4.69, 9.17) is 0 Å². The van der Waals surface area contributed by atoms with E-state index in [1.165, 1.54) is 155 Å². The van der Waals surface area contributed by atoms with Crippen LogP contribution in [0.2, 0.25) is 0 Å². The maximum Gasteiger partial charge on any atom is 0.333 e. The molecule has 0 fully saturated rings. The van der Waals surface area contributed by atoms with E-state index in [0.29, 0.717) is 0 Å². The molecule has 0 amide bonds. The molecular formula is C66H48B2N4. The molecule has 4 aliphatic rings. The molecule has 0 saturated carbocycles. The van der Waals surface area contributed by atoms with Crippen LogP contribution in [0.4, 0.5) is 34.1 Å². The Morgan fingerprint density at radius 2 is 0.722 bits per heavy atom. The van der Waals surface area contributed by atoms with Gasteiger partial charge < -0.3 is 18.8 Å². The Labute approximate surface area is 420 Å². The summed E-state index contributed by atoms with van der Waals surface area (Å²) in [5.41, 5.74) is 33.4. The zero-order chi connectivity index (χ0) is 48.0. The van der Waals surface area contributed by atoms with Crippen LogP contribution in [-0.2, 0) is 0 Å². The first-order valence-electron chi connectivity index (χ1n) is 25.6. The van der Waals surface area contributed by atoms with Crippen molar-refractivity contribution in [1.29, 1.82) is 0 Å². The van der Waals surface area contributed by atoms with Crippen LogP contribution < -0.4 is 31.7 Å². The molecule has 0 aliphatic carbocycles. The first-order chi connectivity index (χ1) is 35.2. The van der Waals surface area contributed by atoms with Gasteiger partial charge in [0.2, 0.25) is 0 Å². The van der Waals surface area contributed by atoms with E-state index in [9.17, 15) is 0 Å². The Kier molecular flexibility index (Phi) is 7.89. The Morgan fingerprint density at radius 3 is 1.15 bits per heavy atom. The molecule has 72 heavy (non-hydrogen) atoms. The predicted molar refractivity (Wildman–Crippen MR) is 307 cm³/mol. The molecule has 338 valence electrons. The van der Waals surface area contributed by atoms with E-state index in [1.807, 2.05) is 0 Å². The predicted octanol–water partition coefficient (Wildman–Crippen LogP) is 14.3. The molecule has 0 unspecified atom stereocenters. The van der Waals surface area contributed by atoms with E-state index in [-0.39, 0.29) is 13.7 Å². The Hall–Kier alpha value is -8.47. The smallest absolute Gasteiger partial charge is 0.333 e. The summed E-state index contributed by atoms with van der Waals surface area (Å²) in [6, 6.07) is 70.0. The lowest BCUT2D eigenvalue weighted by molar-refractivity contribution is 1.22. The number of nitrogens with zero attached hydrogens (tertiary/aromatic N) is 4. The highest BCUT2D eigenvalue weighted by atomic mass is 15.2. The number of benzene rings is 10. The molecule has 16 rings (SSSR count). The van der Waals surface area contributed by atoms with Gasteiger partial charge in [0.05, 0.1) is 0 Å². The highest BCUT2D eigenvalue weighted by molar-refractivity contribution is 6.95. The molecule has 4 aliphatic heterocycles.